The Morgan fingerprint density at radius 2 is 2.24 bits per heavy atom. The fraction of sp³-hybridized carbons (Fsp3) is 0.615. The molecule has 2 rings (SSSR count). The Morgan fingerprint density at radius 3 is 2.88 bits per heavy atom. The van der Waals surface area contributed by atoms with Crippen LogP contribution >= 0.6 is 27.7 Å². The van der Waals surface area contributed by atoms with E-state index in [2.05, 4.69) is 39.2 Å². The summed E-state index contributed by atoms with van der Waals surface area (Å²) in [6, 6.07) is 4.88. The summed E-state index contributed by atoms with van der Waals surface area (Å²) in [5.74, 6) is 0. The normalized spacial score (nSPS) is 18.5. The van der Waals surface area contributed by atoms with Crippen molar-refractivity contribution in [2.24, 2.45) is 0 Å². The number of pyridine rings is 1. The third-order valence-corrected chi connectivity index (χ3v) is 4.59. The maximum absolute atomic E-state index is 4.39. The third kappa shape index (κ3) is 4.60. The number of hydrogen-bond acceptors (Lipinski definition) is 3. The highest BCUT2D eigenvalue weighted by Crippen LogP contribution is 2.23. The summed E-state index contributed by atoms with van der Waals surface area (Å²) in [7, 11) is 0. The van der Waals surface area contributed by atoms with Gasteiger partial charge in [0.15, 0.2) is 0 Å². The van der Waals surface area contributed by atoms with Crippen molar-refractivity contribution in [1.82, 2.24) is 10.3 Å². The van der Waals surface area contributed by atoms with Gasteiger partial charge in [0.25, 0.3) is 0 Å². The molecule has 1 aromatic heterocycles. The highest BCUT2D eigenvalue weighted by Gasteiger charge is 2.15. The second-order valence-corrected chi connectivity index (χ2v) is 7.01. The maximum atomic E-state index is 4.39. The number of rotatable bonds is 5. The highest BCUT2D eigenvalue weighted by molar-refractivity contribution is 9.10. The van der Waals surface area contributed by atoms with Crippen molar-refractivity contribution >= 4 is 27.7 Å². The fourth-order valence-electron chi connectivity index (χ4n) is 2.14. The molecule has 0 spiro atoms. The van der Waals surface area contributed by atoms with Crippen molar-refractivity contribution in [3.05, 3.63) is 22.8 Å². The number of halogens is 1. The van der Waals surface area contributed by atoms with Crippen LogP contribution in [0.3, 0.4) is 0 Å². The van der Waals surface area contributed by atoms with Crippen LogP contribution in [0.5, 0.6) is 0 Å². The van der Waals surface area contributed by atoms with E-state index in [-0.39, 0.29) is 0 Å². The number of nitrogens with zero attached hydrogens (tertiary/aromatic N) is 1. The zero-order chi connectivity index (χ0) is 12.1. The van der Waals surface area contributed by atoms with Crippen LogP contribution in [0.2, 0.25) is 0 Å². The zero-order valence-corrected chi connectivity index (χ0v) is 12.6. The molecule has 1 saturated carbocycles. The van der Waals surface area contributed by atoms with Crippen LogP contribution < -0.4 is 5.32 Å². The number of nitrogens with one attached hydrogen (secondary N) is 1. The summed E-state index contributed by atoms with van der Waals surface area (Å²) >= 11 is 5.24. The molecule has 0 aromatic carbocycles. The van der Waals surface area contributed by atoms with Gasteiger partial charge in [0.2, 0.25) is 0 Å². The fourth-order valence-corrected chi connectivity index (χ4v) is 3.23. The predicted molar refractivity (Wildman–Crippen MR) is 77.5 cm³/mol. The molecule has 1 heterocycles. The van der Waals surface area contributed by atoms with Gasteiger partial charge >= 0.3 is 0 Å². The Bertz CT molecular complexity index is 336. The van der Waals surface area contributed by atoms with Crippen molar-refractivity contribution in [2.75, 3.05) is 6.54 Å². The summed E-state index contributed by atoms with van der Waals surface area (Å²) in [4.78, 5) is 4.39. The van der Waals surface area contributed by atoms with Gasteiger partial charge in [-0.1, -0.05) is 19.8 Å². The van der Waals surface area contributed by atoms with Gasteiger partial charge in [-0.15, -0.1) is 11.8 Å². The summed E-state index contributed by atoms with van der Waals surface area (Å²) in [5.41, 5.74) is 0. The molecule has 0 aliphatic heterocycles. The molecular weight excluding hydrogens is 296 g/mol. The first-order valence-corrected chi connectivity index (χ1v) is 7.93. The monoisotopic (exact) mass is 314 g/mol. The van der Waals surface area contributed by atoms with Crippen molar-refractivity contribution in [3.63, 3.8) is 0 Å². The minimum Gasteiger partial charge on any atom is -0.313 e. The first kappa shape index (κ1) is 13.4. The summed E-state index contributed by atoms with van der Waals surface area (Å²) in [5, 5.41) is 5.33. The largest absolute Gasteiger partial charge is 0.313 e. The first-order valence-electron chi connectivity index (χ1n) is 6.25. The van der Waals surface area contributed by atoms with E-state index in [4.69, 9.17) is 0 Å². The van der Waals surface area contributed by atoms with Crippen LogP contribution in [0.25, 0.3) is 0 Å². The van der Waals surface area contributed by atoms with E-state index >= 15 is 0 Å². The average Bonchev–Trinajstić information content (AvgIpc) is 2.83. The van der Waals surface area contributed by atoms with Gasteiger partial charge in [0.1, 0.15) is 0 Å². The highest BCUT2D eigenvalue weighted by atomic mass is 79.9. The molecule has 0 saturated heterocycles. The first-order chi connectivity index (χ1) is 8.24. The lowest BCUT2D eigenvalue weighted by Gasteiger charge is -2.16. The van der Waals surface area contributed by atoms with E-state index in [0.717, 1.165) is 22.1 Å². The number of hydrogen-bond donors (Lipinski definition) is 1. The molecule has 0 radical (unpaired) electrons. The van der Waals surface area contributed by atoms with E-state index in [0.29, 0.717) is 5.25 Å². The summed E-state index contributed by atoms with van der Waals surface area (Å²) in [6.45, 7) is 3.34. The van der Waals surface area contributed by atoms with Gasteiger partial charge in [0.05, 0.1) is 5.03 Å². The van der Waals surface area contributed by atoms with E-state index in [1.165, 1.54) is 25.7 Å². The molecule has 1 N–H and O–H groups in total. The Kier molecular flexibility index (Phi) is 5.32. The minimum absolute atomic E-state index is 0.573. The summed E-state index contributed by atoms with van der Waals surface area (Å²) < 4.78 is 1.04. The van der Waals surface area contributed by atoms with Gasteiger partial charge in [-0.2, -0.15) is 0 Å². The van der Waals surface area contributed by atoms with Crippen LogP contribution in [0.15, 0.2) is 27.8 Å². The molecule has 94 valence electrons. The van der Waals surface area contributed by atoms with Crippen molar-refractivity contribution in [2.45, 2.75) is 48.9 Å². The number of aromatic nitrogens is 1. The van der Waals surface area contributed by atoms with Crippen molar-refractivity contribution in [3.8, 4) is 0 Å². The lowest BCUT2D eigenvalue weighted by atomic mass is 10.2. The Labute approximate surface area is 116 Å². The molecule has 1 aliphatic rings. The molecule has 1 unspecified atom stereocenters. The summed E-state index contributed by atoms with van der Waals surface area (Å²) in [6.07, 6.45) is 7.36. The lowest BCUT2D eigenvalue weighted by molar-refractivity contribution is 0.527. The minimum atomic E-state index is 0.573. The van der Waals surface area contributed by atoms with E-state index in [9.17, 15) is 0 Å². The molecule has 0 amide bonds. The molecule has 4 heteroatoms. The predicted octanol–water partition coefficient (Wildman–Crippen LogP) is 3.86. The molecule has 1 fully saturated rings. The maximum Gasteiger partial charge on any atom is 0.0963 e. The van der Waals surface area contributed by atoms with Crippen LogP contribution in [-0.4, -0.2) is 22.8 Å². The van der Waals surface area contributed by atoms with Gasteiger partial charge in [0, 0.05) is 28.5 Å². The Balaban J connectivity index is 1.72. The smallest absolute Gasteiger partial charge is 0.0963 e. The molecule has 1 atom stereocenters. The van der Waals surface area contributed by atoms with Gasteiger partial charge in [-0.05, 0) is 40.9 Å². The zero-order valence-electron chi connectivity index (χ0n) is 10.2. The molecule has 2 nitrogen and oxygen atoms in total. The second-order valence-electron chi connectivity index (χ2n) is 4.63. The van der Waals surface area contributed by atoms with E-state index < -0.39 is 0 Å². The van der Waals surface area contributed by atoms with Crippen molar-refractivity contribution < 1.29 is 0 Å². The average molecular weight is 315 g/mol. The second kappa shape index (κ2) is 6.76. The standard InChI is InChI=1S/C13H19BrN2S/c1-10(8-15-12-4-2-3-5-12)17-13-7-6-11(14)9-16-13/h6-7,9-10,12,15H,2-5,8H2,1H3. The van der Waals surface area contributed by atoms with Gasteiger partial charge in [-0.3, -0.25) is 0 Å². The number of thioether (sulfide) groups is 1. The molecule has 1 aromatic rings. The van der Waals surface area contributed by atoms with Crippen LogP contribution in [-0.2, 0) is 0 Å². The van der Waals surface area contributed by atoms with E-state index in [1.807, 2.05) is 24.0 Å². The molecule has 17 heavy (non-hydrogen) atoms. The molecule has 1 aliphatic carbocycles. The van der Waals surface area contributed by atoms with Crippen molar-refractivity contribution in [1.29, 1.82) is 0 Å². The van der Waals surface area contributed by atoms with Gasteiger partial charge < -0.3 is 5.32 Å². The third-order valence-electron chi connectivity index (χ3n) is 3.07. The van der Waals surface area contributed by atoms with E-state index in [1.54, 1.807) is 0 Å². The van der Waals surface area contributed by atoms with Crippen LogP contribution in [0.1, 0.15) is 32.6 Å². The SMILES string of the molecule is CC(CNC1CCCC1)Sc1ccc(Br)cn1. The topological polar surface area (TPSA) is 24.9 Å². The Morgan fingerprint density at radius 1 is 1.47 bits per heavy atom. The van der Waals surface area contributed by atoms with Crippen LogP contribution in [0.4, 0.5) is 0 Å². The Hall–Kier alpha value is -0.0600. The van der Waals surface area contributed by atoms with Crippen LogP contribution in [0, 0.1) is 0 Å². The lowest BCUT2D eigenvalue weighted by Crippen LogP contribution is -2.31. The van der Waals surface area contributed by atoms with Gasteiger partial charge in [-0.25, -0.2) is 4.98 Å². The molecular formula is C13H19BrN2S. The molecule has 0 bridgehead atoms. The quantitative estimate of drug-likeness (QED) is 0.835.